The summed E-state index contributed by atoms with van der Waals surface area (Å²) in [4.78, 5) is 29.2. The molecule has 0 spiro atoms. The van der Waals surface area contributed by atoms with Crippen LogP contribution in [0, 0.1) is 0 Å². The van der Waals surface area contributed by atoms with Crippen LogP contribution in [0.2, 0.25) is 5.02 Å². The molecule has 0 aliphatic rings. The van der Waals surface area contributed by atoms with Crippen LogP contribution in [0.15, 0.2) is 112 Å². The number of halogens is 5. The minimum absolute atomic E-state index is 0.0892. The third-order valence-electron chi connectivity index (χ3n) is 7.21. The average Bonchev–Trinajstić information content (AvgIpc) is 3.04. The van der Waals surface area contributed by atoms with Crippen molar-refractivity contribution in [2.75, 3.05) is 17.4 Å². The number of amides is 2. The fourth-order valence-corrected chi connectivity index (χ4v) is 7.03. The van der Waals surface area contributed by atoms with Crippen molar-refractivity contribution in [1.82, 2.24) is 10.2 Å². The standard InChI is InChI=1S/C34H32BrClF3N3O4S/c1-2-18-40-33(44)31(20-24-10-5-3-6-11-24)41(22-25-12-9-13-27(35)19-25)32(43)23-42(47(45,46)28-14-7-4-8-15-28)30-21-26(34(37,38)39)16-17-29(30)36/h3-17,19,21,31H,2,18,20,22-23H2,1H3,(H,40,44)/t31-/m1/s1. The predicted molar refractivity (Wildman–Crippen MR) is 179 cm³/mol. The number of benzene rings is 4. The van der Waals surface area contributed by atoms with Crippen LogP contribution in [0.4, 0.5) is 18.9 Å². The number of carbonyl (C=O) groups excluding carboxylic acids is 2. The van der Waals surface area contributed by atoms with Crippen molar-refractivity contribution < 1.29 is 31.2 Å². The zero-order valence-electron chi connectivity index (χ0n) is 25.3. The maximum atomic E-state index is 14.5. The van der Waals surface area contributed by atoms with Crippen molar-refractivity contribution in [2.24, 2.45) is 0 Å². The van der Waals surface area contributed by atoms with Crippen LogP contribution in [0.1, 0.15) is 30.0 Å². The van der Waals surface area contributed by atoms with E-state index in [1.54, 1.807) is 54.6 Å². The fourth-order valence-electron chi connectivity index (χ4n) is 4.87. The highest BCUT2D eigenvalue weighted by Crippen LogP contribution is 2.37. The molecule has 0 fully saturated rings. The zero-order chi connectivity index (χ0) is 34.2. The first-order valence-electron chi connectivity index (χ1n) is 14.6. The Labute approximate surface area is 285 Å². The lowest BCUT2D eigenvalue weighted by Crippen LogP contribution is -2.53. The predicted octanol–water partition coefficient (Wildman–Crippen LogP) is 7.48. The summed E-state index contributed by atoms with van der Waals surface area (Å²) in [5.41, 5.74) is -0.310. The molecule has 0 aliphatic heterocycles. The zero-order valence-corrected chi connectivity index (χ0v) is 28.4. The van der Waals surface area contributed by atoms with E-state index in [1.807, 2.05) is 13.0 Å². The van der Waals surface area contributed by atoms with Gasteiger partial charge in [-0.15, -0.1) is 0 Å². The minimum Gasteiger partial charge on any atom is -0.354 e. The summed E-state index contributed by atoms with van der Waals surface area (Å²) in [6, 6.07) is 24.2. The molecule has 13 heteroatoms. The molecule has 0 unspecified atom stereocenters. The highest BCUT2D eigenvalue weighted by Gasteiger charge is 2.37. The Morgan fingerprint density at radius 3 is 2.15 bits per heavy atom. The Bertz CT molecular complexity index is 1800. The van der Waals surface area contributed by atoms with Crippen LogP contribution in [0.3, 0.4) is 0 Å². The SMILES string of the molecule is CCCNC(=O)[C@@H](Cc1ccccc1)N(Cc1cccc(Br)c1)C(=O)CN(c1cc(C(F)(F)F)ccc1Cl)S(=O)(=O)c1ccccc1. The van der Waals surface area contributed by atoms with Crippen LogP contribution in [-0.4, -0.2) is 44.3 Å². The highest BCUT2D eigenvalue weighted by molar-refractivity contribution is 9.10. The second kappa shape index (κ2) is 15.8. The molecule has 1 N–H and O–H groups in total. The van der Waals surface area contributed by atoms with Crippen molar-refractivity contribution in [2.45, 2.75) is 43.4 Å². The maximum absolute atomic E-state index is 14.5. The lowest BCUT2D eigenvalue weighted by atomic mass is 10.0. The van der Waals surface area contributed by atoms with Crippen LogP contribution < -0.4 is 9.62 Å². The number of nitrogens with one attached hydrogen (secondary N) is 1. The first-order chi connectivity index (χ1) is 22.3. The van der Waals surface area contributed by atoms with Crippen molar-refractivity contribution >= 4 is 55.1 Å². The van der Waals surface area contributed by atoms with E-state index in [1.165, 1.54) is 29.2 Å². The van der Waals surface area contributed by atoms with Crippen molar-refractivity contribution in [3.63, 3.8) is 0 Å². The Morgan fingerprint density at radius 1 is 0.894 bits per heavy atom. The van der Waals surface area contributed by atoms with Gasteiger partial charge in [-0.25, -0.2) is 8.42 Å². The number of carbonyl (C=O) groups is 2. The molecule has 2 amide bonds. The molecule has 0 heterocycles. The van der Waals surface area contributed by atoms with Gasteiger partial charge in [-0.3, -0.25) is 13.9 Å². The van der Waals surface area contributed by atoms with Gasteiger partial charge in [0.05, 0.1) is 21.2 Å². The number of hydrogen-bond acceptors (Lipinski definition) is 4. The summed E-state index contributed by atoms with van der Waals surface area (Å²) in [7, 11) is -4.64. The van der Waals surface area contributed by atoms with E-state index in [0.29, 0.717) is 33.4 Å². The van der Waals surface area contributed by atoms with Crippen molar-refractivity contribution in [3.8, 4) is 0 Å². The lowest BCUT2D eigenvalue weighted by Gasteiger charge is -2.34. The van der Waals surface area contributed by atoms with Gasteiger partial charge >= 0.3 is 6.18 Å². The van der Waals surface area contributed by atoms with Gasteiger partial charge in [-0.05, 0) is 60.0 Å². The molecule has 248 valence electrons. The van der Waals surface area contributed by atoms with Gasteiger partial charge in [-0.1, -0.05) is 95.1 Å². The monoisotopic (exact) mass is 749 g/mol. The number of rotatable bonds is 13. The number of anilines is 1. The van der Waals surface area contributed by atoms with Gasteiger partial charge in [0, 0.05) is 24.0 Å². The van der Waals surface area contributed by atoms with E-state index in [-0.39, 0.29) is 22.9 Å². The third-order valence-corrected chi connectivity index (χ3v) is 9.80. The van der Waals surface area contributed by atoms with Gasteiger partial charge in [0.2, 0.25) is 11.8 Å². The molecule has 4 aromatic carbocycles. The van der Waals surface area contributed by atoms with Crippen LogP contribution >= 0.6 is 27.5 Å². The van der Waals surface area contributed by atoms with Gasteiger partial charge in [0.1, 0.15) is 12.6 Å². The molecule has 0 aromatic heterocycles. The number of sulfonamides is 1. The van der Waals surface area contributed by atoms with E-state index in [0.717, 1.165) is 17.7 Å². The third kappa shape index (κ3) is 9.36. The molecule has 0 saturated heterocycles. The Hall–Kier alpha value is -3.87. The second-order valence-electron chi connectivity index (χ2n) is 10.6. The Balaban J connectivity index is 1.86. The summed E-state index contributed by atoms with van der Waals surface area (Å²) >= 11 is 9.77. The summed E-state index contributed by atoms with van der Waals surface area (Å²) in [6.07, 6.45) is -4.11. The molecule has 4 rings (SSSR count). The average molecular weight is 751 g/mol. The molecular weight excluding hydrogens is 719 g/mol. The molecule has 1 atom stereocenters. The Kier molecular flexibility index (Phi) is 12.1. The van der Waals surface area contributed by atoms with E-state index in [9.17, 15) is 31.2 Å². The maximum Gasteiger partial charge on any atom is 0.416 e. The smallest absolute Gasteiger partial charge is 0.354 e. The van der Waals surface area contributed by atoms with Crippen molar-refractivity contribution in [1.29, 1.82) is 0 Å². The van der Waals surface area contributed by atoms with Crippen molar-refractivity contribution in [3.05, 3.63) is 129 Å². The van der Waals surface area contributed by atoms with Crippen LogP contribution in [-0.2, 0) is 38.8 Å². The Morgan fingerprint density at radius 2 is 1.53 bits per heavy atom. The topological polar surface area (TPSA) is 86.8 Å². The molecule has 0 radical (unpaired) electrons. The minimum atomic E-state index is -4.82. The van der Waals surface area contributed by atoms with Gasteiger partial charge < -0.3 is 10.2 Å². The summed E-state index contributed by atoms with van der Waals surface area (Å²) < 4.78 is 70.9. The number of hydrogen-bond donors (Lipinski definition) is 1. The fraction of sp³-hybridized carbons (Fsp3) is 0.235. The number of alkyl halides is 3. The van der Waals surface area contributed by atoms with Gasteiger partial charge in [0.25, 0.3) is 10.0 Å². The molecule has 0 aliphatic carbocycles. The molecular formula is C34H32BrClF3N3O4S. The largest absolute Gasteiger partial charge is 0.416 e. The summed E-state index contributed by atoms with van der Waals surface area (Å²) in [6.45, 7) is 1.16. The van der Waals surface area contributed by atoms with E-state index >= 15 is 0 Å². The lowest BCUT2D eigenvalue weighted by molar-refractivity contribution is -0.140. The van der Waals surface area contributed by atoms with Gasteiger partial charge in [0.15, 0.2) is 0 Å². The van der Waals surface area contributed by atoms with E-state index in [2.05, 4.69) is 21.2 Å². The second-order valence-corrected chi connectivity index (χ2v) is 13.8. The summed E-state index contributed by atoms with van der Waals surface area (Å²) in [5.74, 6) is -1.29. The molecule has 4 aromatic rings. The molecule has 0 saturated carbocycles. The van der Waals surface area contributed by atoms with E-state index in [4.69, 9.17) is 11.6 Å². The normalized spacial score (nSPS) is 12.3. The molecule has 47 heavy (non-hydrogen) atoms. The molecule has 7 nitrogen and oxygen atoms in total. The summed E-state index contributed by atoms with van der Waals surface area (Å²) in [5, 5.41) is 2.52. The molecule has 0 bridgehead atoms. The van der Waals surface area contributed by atoms with Gasteiger partial charge in [-0.2, -0.15) is 13.2 Å². The number of nitrogens with zero attached hydrogens (tertiary/aromatic N) is 2. The first-order valence-corrected chi connectivity index (χ1v) is 17.2. The quantitative estimate of drug-likeness (QED) is 0.154. The van der Waals surface area contributed by atoms with E-state index < -0.39 is 51.9 Å². The van der Waals surface area contributed by atoms with Crippen LogP contribution in [0.25, 0.3) is 0 Å². The van der Waals surface area contributed by atoms with Crippen LogP contribution in [0.5, 0.6) is 0 Å². The highest BCUT2D eigenvalue weighted by atomic mass is 79.9. The first kappa shape index (κ1) is 36.0.